The molecule has 0 aromatic heterocycles. The number of hydroxylamine groups is 1. The Bertz CT molecular complexity index is 1000. The highest BCUT2D eigenvalue weighted by Gasteiger charge is 2.52. The number of benzene rings is 1. The van der Waals surface area contributed by atoms with E-state index in [1.807, 2.05) is 20.8 Å². The van der Waals surface area contributed by atoms with Crippen LogP contribution in [-0.4, -0.2) is 60.6 Å². The van der Waals surface area contributed by atoms with E-state index in [2.05, 4.69) is 11.8 Å². The molecule has 1 aliphatic rings. The van der Waals surface area contributed by atoms with E-state index in [9.17, 15) is 28.3 Å². The quantitative estimate of drug-likeness (QED) is 0.333. The number of carbonyl (C=O) groups excluding carboxylic acids is 1. The van der Waals surface area contributed by atoms with Crippen LogP contribution in [0.4, 0.5) is 4.79 Å². The molecule has 2 unspecified atom stereocenters. The summed E-state index contributed by atoms with van der Waals surface area (Å²) in [6.07, 6.45) is -1.20. The SMILES string of the molecule is CC#CCOc1ccc(S(=O)(=O)CC2(C(=O)NO)CCN(C(=O)O)C(C(C)(C)C)C2)cc1. The number of ether oxygens (including phenoxy) is 1. The van der Waals surface area contributed by atoms with Gasteiger partial charge in [0.25, 0.3) is 5.91 Å². The molecule has 0 saturated carbocycles. The Morgan fingerprint density at radius 3 is 2.41 bits per heavy atom. The third-order valence-corrected chi connectivity index (χ3v) is 7.68. The molecular weight excluding hydrogens is 436 g/mol. The van der Waals surface area contributed by atoms with Crippen LogP contribution in [0.15, 0.2) is 29.2 Å². The topological polar surface area (TPSA) is 133 Å². The van der Waals surface area contributed by atoms with Crippen molar-refractivity contribution in [2.45, 2.75) is 51.5 Å². The zero-order valence-electron chi connectivity index (χ0n) is 18.7. The van der Waals surface area contributed by atoms with Crippen molar-refractivity contribution in [3.05, 3.63) is 24.3 Å². The fourth-order valence-corrected chi connectivity index (χ4v) is 5.82. The molecule has 1 aromatic carbocycles. The molecule has 3 N–H and O–H groups in total. The largest absolute Gasteiger partial charge is 0.481 e. The molecule has 9 nitrogen and oxygen atoms in total. The monoisotopic (exact) mass is 466 g/mol. The first-order valence-electron chi connectivity index (χ1n) is 10.2. The van der Waals surface area contributed by atoms with Gasteiger partial charge in [0, 0.05) is 12.6 Å². The second-order valence-corrected chi connectivity index (χ2v) is 11.0. The zero-order valence-corrected chi connectivity index (χ0v) is 19.5. The van der Waals surface area contributed by atoms with Crippen LogP contribution in [-0.2, 0) is 14.6 Å². The second-order valence-electron chi connectivity index (χ2n) is 8.98. The highest BCUT2D eigenvalue weighted by Crippen LogP contribution is 2.43. The summed E-state index contributed by atoms with van der Waals surface area (Å²) < 4.78 is 31.8. The van der Waals surface area contributed by atoms with E-state index < -0.39 is 44.5 Å². The Balaban J connectivity index is 2.36. The maximum absolute atomic E-state index is 13.2. The van der Waals surface area contributed by atoms with Gasteiger partial charge in [0.2, 0.25) is 0 Å². The fraction of sp³-hybridized carbons (Fsp3) is 0.545. The predicted octanol–water partition coefficient (Wildman–Crippen LogP) is 2.54. The summed E-state index contributed by atoms with van der Waals surface area (Å²) in [5.41, 5.74) is -0.433. The van der Waals surface area contributed by atoms with Crippen LogP contribution in [0, 0.1) is 22.7 Å². The second kappa shape index (κ2) is 9.79. The van der Waals surface area contributed by atoms with Crippen molar-refractivity contribution in [2.24, 2.45) is 10.8 Å². The Morgan fingerprint density at radius 1 is 1.28 bits per heavy atom. The normalized spacial score (nSPS) is 21.3. The Hall–Kier alpha value is -2.77. The van der Waals surface area contributed by atoms with Gasteiger partial charge in [-0.2, -0.15) is 0 Å². The van der Waals surface area contributed by atoms with E-state index in [-0.39, 0.29) is 30.9 Å². The summed E-state index contributed by atoms with van der Waals surface area (Å²) in [6.45, 7) is 7.33. The van der Waals surface area contributed by atoms with E-state index in [1.54, 1.807) is 12.4 Å². The minimum Gasteiger partial charge on any atom is -0.481 e. The van der Waals surface area contributed by atoms with E-state index in [0.717, 1.165) is 0 Å². The number of carboxylic acid groups (broad SMARTS) is 1. The van der Waals surface area contributed by atoms with Crippen molar-refractivity contribution in [1.82, 2.24) is 10.4 Å². The molecule has 0 radical (unpaired) electrons. The molecule has 1 saturated heterocycles. The maximum Gasteiger partial charge on any atom is 0.407 e. The van der Waals surface area contributed by atoms with E-state index in [0.29, 0.717) is 5.75 Å². The number of rotatable bonds is 6. The van der Waals surface area contributed by atoms with Gasteiger partial charge in [-0.15, -0.1) is 5.92 Å². The standard InChI is InChI=1S/C22H30N2O7S/c1-5-6-13-31-16-7-9-17(10-8-16)32(29,30)15-22(19(25)23-28)11-12-24(20(26)27)18(14-22)21(2,3)4/h7-10,18,28H,11-15H2,1-4H3,(H,23,25)(H,26,27). The molecule has 2 rings (SSSR count). The van der Waals surface area contributed by atoms with Crippen molar-refractivity contribution >= 4 is 21.8 Å². The number of nitrogens with zero attached hydrogens (tertiary/aromatic N) is 1. The van der Waals surface area contributed by atoms with E-state index >= 15 is 0 Å². The number of hydrogen-bond acceptors (Lipinski definition) is 6. The lowest BCUT2D eigenvalue weighted by atomic mass is 9.69. The molecule has 0 bridgehead atoms. The Labute approximate surface area is 188 Å². The van der Waals surface area contributed by atoms with Crippen LogP contribution in [0.1, 0.15) is 40.5 Å². The number of hydrogen-bond donors (Lipinski definition) is 3. The zero-order chi connectivity index (χ0) is 24.2. The van der Waals surface area contributed by atoms with E-state index in [4.69, 9.17) is 4.74 Å². The lowest BCUT2D eigenvalue weighted by molar-refractivity contribution is -0.143. The van der Waals surface area contributed by atoms with Gasteiger partial charge in [0.15, 0.2) is 9.84 Å². The summed E-state index contributed by atoms with van der Waals surface area (Å²) in [4.78, 5) is 25.7. The number of amides is 2. The van der Waals surface area contributed by atoms with Crippen molar-refractivity contribution < 1.29 is 33.1 Å². The third-order valence-electron chi connectivity index (χ3n) is 5.76. The Kier molecular flexibility index (Phi) is 7.80. The lowest BCUT2D eigenvalue weighted by Crippen LogP contribution is -2.59. The van der Waals surface area contributed by atoms with Gasteiger partial charge >= 0.3 is 6.09 Å². The van der Waals surface area contributed by atoms with Crippen molar-refractivity contribution in [2.75, 3.05) is 18.9 Å². The molecule has 176 valence electrons. The highest BCUT2D eigenvalue weighted by molar-refractivity contribution is 7.91. The summed E-state index contributed by atoms with van der Waals surface area (Å²) in [5.74, 6) is 4.50. The number of likely N-dealkylation sites (tertiary alicyclic amines) is 1. The molecule has 1 heterocycles. The first-order valence-corrected chi connectivity index (χ1v) is 11.8. The fourth-order valence-electron chi connectivity index (χ4n) is 3.98. The summed E-state index contributed by atoms with van der Waals surface area (Å²) >= 11 is 0. The van der Waals surface area contributed by atoms with Gasteiger partial charge in [-0.3, -0.25) is 10.0 Å². The van der Waals surface area contributed by atoms with Gasteiger partial charge in [-0.1, -0.05) is 26.7 Å². The van der Waals surface area contributed by atoms with Gasteiger partial charge in [-0.25, -0.2) is 18.7 Å². The molecule has 2 amide bonds. The first kappa shape index (κ1) is 25.5. The lowest BCUT2D eigenvalue weighted by Gasteiger charge is -2.48. The average molecular weight is 467 g/mol. The van der Waals surface area contributed by atoms with Crippen molar-refractivity contribution in [3.63, 3.8) is 0 Å². The number of sulfone groups is 1. The average Bonchev–Trinajstić information content (AvgIpc) is 2.72. The molecule has 1 aliphatic heterocycles. The number of nitrogens with one attached hydrogen (secondary N) is 1. The molecule has 2 atom stereocenters. The van der Waals surface area contributed by atoms with Crippen LogP contribution in [0.3, 0.4) is 0 Å². The summed E-state index contributed by atoms with van der Waals surface area (Å²) in [5, 5.41) is 19.0. The van der Waals surface area contributed by atoms with Gasteiger partial charge in [-0.05, 0) is 49.4 Å². The minimum atomic E-state index is -3.94. The smallest absolute Gasteiger partial charge is 0.407 e. The summed E-state index contributed by atoms with van der Waals surface area (Å²) in [7, 11) is -3.94. The molecule has 0 aliphatic carbocycles. The molecule has 1 fully saturated rings. The molecular formula is C22H30N2O7S. The Morgan fingerprint density at radius 2 is 1.91 bits per heavy atom. The first-order chi connectivity index (χ1) is 14.9. The van der Waals surface area contributed by atoms with E-state index in [1.165, 1.54) is 29.2 Å². The van der Waals surface area contributed by atoms with Crippen LogP contribution < -0.4 is 10.2 Å². The van der Waals surface area contributed by atoms with Gasteiger partial charge in [0.1, 0.15) is 12.4 Å². The number of carbonyl (C=O) groups is 2. The highest BCUT2D eigenvalue weighted by atomic mass is 32.2. The van der Waals surface area contributed by atoms with Crippen molar-refractivity contribution in [3.8, 4) is 17.6 Å². The van der Waals surface area contributed by atoms with Crippen LogP contribution in [0.5, 0.6) is 5.75 Å². The molecule has 1 aromatic rings. The van der Waals surface area contributed by atoms with Crippen molar-refractivity contribution in [1.29, 1.82) is 0 Å². The van der Waals surface area contributed by atoms with Crippen LogP contribution in [0.25, 0.3) is 0 Å². The molecule has 10 heteroatoms. The maximum atomic E-state index is 13.2. The van der Waals surface area contributed by atoms with Crippen LogP contribution >= 0.6 is 0 Å². The summed E-state index contributed by atoms with van der Waals surface area (Å²) in [6, 6.07) is 5.18. The van der Waals surface area contributed by atoms with Gasteiger partial charge in [0.05, 0.1) is 16.1 Å². The third kappa shape index (κ3) is 5.72. The minimum absolute atomic E-state index is 0.00418. The van der Waals surface area contributed by atoms with Gasteiger partial charge < -0.3 is 14.7 Å². The number of piperidine rings is 1. The molecule has 0 spiro atoms. The molecule has 32 heavy (non-hydrogen) atoms. The van der Waals surface area contributed by atoms with Crippen LogP contribution in [0.2, 0.25) is 0 Å². The predicted molar refractivity (Wildman–Crippen MR) is 117 cm³/mol.